The fourth-order valence-electron chi connectivity index (χ4n) is 2.21. The third kappa shape index (κ3) is 4.33. The predicted molar refractivity (Wildman–Crippen MR) is 76.9 cm³/mol. The molecule has 1 fully saturated rings. The molecule has 0 heterocycles. The summed E-state index contributed by atoms with van der Waals surface area (Å²) in [6.45, 7) is 2.38. The zero-order valence-corrected chi connectivity index (χ0v) is 12.3. The number of nitro groups is 1. The van der Waals surface area contributed by atoms with Crippen LogP contribution in [0.4, 0.5) is 24.5 Å². The van der Waals surface area contributed by atoms with E-state index in [1.54, 1.807) is 0 Å². The number of halogens is 3. The van der Waals surface area contributed by atoms with E-state index in [0.29, 0.717) is 12.0 Å². The quantitative estimate of drug-likeness (QED) is 0.477. The lowest BCUT2D eigenvalue weighted by molar-refractivity contribution is -0.384. The van der Waals surface area contributed by atoms with Crippen molar-refractivity contribution in [3.63, 3.8) is 0 Å². The molecule has 0 radical (unpaired) electrons. The molecule has 1 aromatic carbocycles. The van der Waals surface area contributed by atoms with Crippen molar-refractivity contribution in [1.29, 1.82) is 0 Å². The summed E-state index contributed by atoms with van der Waals surface area (Å²) >= 11 is 0. The molecule has 23 heavy (non-hydrogen) atoms. The Morgan fingerprint density at radius 1 is 1.39 bits per heavy atom. The zero-order chi connectivity index (χ0) is 17.2. The average molecular weight is 331 g/mol. The number of nitrogens with one attached hydrogen (secondary N) is 2. The summed E-state index contributed by atoms with van der Waals surface area (Å²) in [5.74, 6) is 0.329. The van der Waals surface area contributed by atoms with Crippen LogP contribution in [0.2, 0.25) is 0 Å². The second kappa shape index (κ2) is 6.43. The van der Waals surface area contributed by atoms with Crippen molar-refractivity contribution in [2.45, 2.75) is 19.5 Å². The molecule has 1 aliphatic rings. The highest BCUT2D eigenvalue weighted by Gasteiger charge is 2.38. The highest BCUT2D eigenvalue weighted by Crippen LogP contribution is 2.37. The van der Waals surface area contributed by atoms with Crippen LogP contribution in [-0.4, -0.2) is 23.9 Å². The van der Waals surface area contributed by atoms with Gasteiger partial charge in [0.2, 0.25) is 5.91 Å². The third-order valence-corrected chi connectivity index (χ3v) is 3.71. The molecule has 0 unspecified atom stereocenters. The van der Waals surface area contributed by atoms with E-state index in [9.17, 15) is 28.1 Å². The smallest absolute Gasteiger partial charge is 0.378 e. The highest BCUT2D eigenvalue weighted by molar-refractivity contribution is 5.81. The number of carbonyl (C=O) groups excluding carboxylic acids is 1. The molecule has 1 aromatic rings. The van der Waals surface area contributed by atoms with Crippen LogP contribution >= 0.6 is 0 Å². The number of hydrogen-bond acceptors (Lipinski definition) is 4. The zero-order valence-electron chi connectivity index (χ0n) is 12.3. The monoisotopic (exact) mass is 331 g/mol. The first-order valence-corrected chi connectivity index (χ1v) is 7.07. The van der Waals surface area contributed by atoms with Crippen LogP contribution in [0.5, 0.6) is 0 Å². The minimum absolute atomic E-state index is 0.0166. The molecular formula is C14H16F3N3O3. The second-order valence-corrected chi connectivity index (χ2v) is 5.52. The van der Waals surface area contributed by atoms with Crippen molar-refractivity contribution in [2.75, 3.05) is 18.4 Å². The second-order valence-electron chi connectivity index (χ2n) is 5.52. The maximum Gasteiger partial charge on any atom is 0.416 e. The Labute approximate surface area is 130 Å². The molecule has 2 rings (SSSR count). The predicted octanol–water partition coefficient (Wildman–Crippen LogP) is 2.80. The number of nitro benzene ring substituents is 1. The highest BCUT2D eigenvalue weighted by atomic mass is 19.4. The molecule has 2 N–H and O–H groups in total. The van der Waals surface area contributed by atoms with E-state index in [2.05, 4.69) is 10.6 Å². The van der Waals surface area contributed by atoms with Crippen LogP contribution in [0.3, 0.4) is 0 Å². The number of benzene rings is 1. The number of alkyl halides is 3. The van der Waals surface area contributed by atoms with Crippen LogP contribution in [0.15, 0.2) is 18.2 Å². The maximum atomic E-state index is 12.6. The Morgan fingerprint density at radius 3 is 2.57 bits per heavy atom. The number of rotatable bonds is 6. The van der Waals surface area contributed by atoms with Crippen LogP contribution in [-0.2, 0) is 11.0 Å². The van der Waals surface area contributed by atoms with Crippen LogP contribution < -0.4 is 10.6 Å². The van der Waals surface area contributed by atoms with Gasteiger partial charge in [0.1, 0.15) is 5.69 Å². The van der Waals surface area contributed by atoms with Gasteiger partial charge in [-0.25, -0.2) is 0 Å². The first-order chi connectivity index (χ1) is 10.7. The van der Waals surface area contributed by atoms with E-state index in [0.717, 1.165) is 18.6 Å². The van der Waals surface area contributed by atoms with Gasteiger partial charge in [-0.2, -0.15) is 13.2 Å². The fourth-order valence-corrected chi connectivity index (χ4v) is 2.21. The summed E-state index contributed by atoms with van der Waals surface area (Å²) in [5.41, 5.74) is -1.75. The number of amides is 1. The lowest BCUT2D eigenvalue weighted by Gasteiger charge is -2.11. The number of hydrogen-bond donors (Lipinski definition) is 2. The Morgan fingerprint density at radius 2 is 2.04 bits per heavy atom. The molecule has 1 saturated carbocycles. The van der Waals surface area contributed by atoms with Gasteiger partial charge in [-0.15, -0.1) is 0 Å². The Bertz CT molecular complexity index is 619. The van der Waals surface area contributed by atoms with Crippen molar-refractivity contribution in [3.8, 4) is 0 Å². The molecule has 1 aliphatic carbocycles. The summed E-state index contributed by atoms with van der Waals surface area (Å²) in [5, 5.41) is 16.3. The van der Waals surface area contributed by atoms with Gasteiger partial charge in [0.05, 0.1) is 10.5 Å². The number of nitrogens with zero attached hydrogens (tertiary/aromatic N) is 1. The van der Waals surface area contributed by atoms with E-state index in [1.165, 1.54) is 0 Å². The van der Waals surface area contributed by atoms with Crippen LogP contribution in [0, 0.1) is 22.0 Å². The van der Waals surface area contributed by atoms with E-state index in [4.69, 9.17) is 0 Å². The molecule has 0 bridgehead atoms. The lowest BCUT2D eigenvalue weighted by atomic mass is 10.1. The average Bonchev–Trinajstić information content (AvgIpc) is 3.19. The minimum atomic E-state index is -4.64. The van der Waals surface area contributed by atoms with E-state index in [1.807, 2.05) is 6.92 Å². The van der Waals surface area contributed by atoms with E-state index >= 15 is 0 Å². The van der Waals surface area contributed by atoms with Gasteiger partial charge in [-0.3, -0.25) is 14.9 Å². The Hall–Kier alpha value is -2.32. The third-order valence-electron chi connectivity index (χ3n) is 3.71. The maximum absolute atomic E-state index is 12.6. The summed E-state index contributed by atoms with van der Waals surface area (Å²) < 4.78 is 37.7. The first-order valence-electron chi connectivity index (χ1n) is 7.07. The molecule has 9 heteroatoms. The summed E-state index contributed by atoms with van der Waals surface area (Å²) in [6, 6.07) is 2.29. The first kappa shape index (κ1) is 17.0. The molecule has 0 saturated heterocycles. The molecule has 1 amide bonds. The SMILES string of the molecule is C[C@H]1C[C@H]1C(=O)NCCNc1ccc(C(F)(F)F)cc1[N+](=O)[O-]. The van der Waals surface area contributed by atoms with Crippen molar-refractivity contribution < 1.29 is 22.9 Å². The normalized spacial score (nSPS) is 20.0. The largest absolute Gasteiger partial charge is 0.416 e. The molecule has 6 nitrogen and oxygen atoms in total. The van der Waals surface area contributed by atoms with Crippen molar-refractivity contribution in [3.05, 3.63) is 33.9 Å². The molecule has 0 aromatic heterocycles. The topological polar surface area (TPSA) is 84.3 Å². The molecule has 0 aliphatic heterocycles. The summed E-state index contributed by atoms with van der Waals surface area (Å²) in [6.07, 6.45) is -3.79. The fraction of sp³-hybridized carbons (Fsp3) is 0.500. The Balaban J connectivity index is 1.94. The molecule has 0 spiro atoms. The van der Waals surface area contributed by atoms with Gasteiger partial charge in [-0.05, 0) is 24.5 Å². The summed E-state index contributed by atoms with van der Waals surface area (Å²) in [7, 11) is 0. The van der Waals surface area contributed by atoms with Gasteiger partial charge in [0, 0.05) is 25.1 Å². The van der Waals surface area contributed by atoms with Crippen LogP contribution in [0.1, 0.15) is 18.9 Å². The van der Waals surface area contributed by atoms with Crippen molar-refractivity contribution >= 4 is 17.3 Å². The lowest BCUT2D eigenvalue weighted by Crippen LogP contribution is -2.30. The Kier molecular flexibility index (Phi) is 4.76. The van der Waals surface area contributed by atoms with Gasteiger partial charge < -0.3 is 10.6 Å². The van der Waals surface area contributed by atoms with Crippen molar-refractivity contribution in [2.24, 2.45) is 11.8 Å². The molecule has 126 valence electrons. The van der Waals surface area contributed by atoms with E-state index in [-0.39, 0.29) is 30.6 Å². The van der Waals surface area contributed by atoms with E-state index < -0.39 is 22.4 Å². The standard InChI is InChI=1S/C14H16F3N3O3/c1-8-6-10(8)13(21)19-5-4-18-11-3-2-9(14(15,16)17)7-12(11)20(22)23/h2-3,7-8,10,18H,4-6H2,1H3,(H,19,21)/t8-,10+/m0/s1. The van der Waals surface area contributed by atoms with Gasteiger partial charge in [0.25, 0.3) is 5.69 Å². The van der Waals surface area contributed by atoms with Gasteiger partial charge in [-0.1, -0.05) is 6.92 Å². The minimum Gasteiger partial charge on any atom is -0.378 e. The number of anilines is 1. The van der Waals surface area contributed by atoms with Gasteiger partial charge in [0.15, 0.2) is 0 Å². The van der Waals surface area contributed by atoms with Crippen molar-refractivity contribution in [1.82, 2.24) is 5.32 Å². The van der Waals surface area contributed by atoms with Gasteiger partial charge >= 0.3 is 6.18 Å². The summed E-state index contributed by atoms with van der Waals surface area (Å²) in [4.78, 5) is 21.6. The molecule has 2 atom stereocenters. The number of carbonyl (C=O) groups is 1. The van der Waals surface area contributed by atoms with Crippen LogP contribution in [0.25, 0.3) is 0 Å². The molecular weight excluding hydrogens is 315 g/mol.